The zero-order valence-electron chi connectivity index (χ0n) is 10.7. The Labute approximate surface area is 137 Å². The van der Waals surface area contributed by atoms with Gasteiger partial charge >= 0.3 is 0 Å². The second-order valence-corrected chi connectivity index (χ2v) is 8.48. The quantitative estimate of drug-likeness (QED) is 0.755. The Hall–Kier alpha value is -0.350. The topological polar surface area (TPSA) is 12.9 Å². The van der Waals surface area contributed by atoms with E-state index in [-0.39, 0.29) is 4.08 Å². The van der Waals surface area contributed by atoms with Gasteiger partial charge in [-0.1, -0.05) is 35.3 Å². The van der Waals surface area contributed by atoms with Crippen LogP contribution in [0.2, 0.25) is 10.0 Å². The molecule has 104 valence electrons. The lowest BCUT2D eigenvalue weighted by Gasteiger charge is -2.27. The van der Waals surface area contributed by atoms with Crippen LogP contribution < -0.4 is 0 Å². The van der Waals surface area contributed by atoms with Gasteiger partial charge in [-0.2, -0.15) is 0 Å². The number of thioether (sulfide) groups is 2. The van der Waals surface area contributed by atoms with Crippen molar-refractivity contribution in [2.75, 3.05) is 11.5 Å². The maximum Gasteiger partial charge on any atom is 0.0915 e. The summed E-state index contributed by atoms with van der Waals surface area (Å²) >= 11 is 16.1. The Morgan fingerprint density at radius 3 is 2.55 bits per heavy atom. The van der Waals surface area contributed by atoms with Crippen molar-refractivity contribution in [2.24, 2.45) is 0 Å². The van der Waals surface area contributed by atoms with Gasteiger partial charge in [0.25, 0.3) is 0 Å². The molecule has 0 N–H and O–H groups in total. The molecule has 0 bridgehead atoms. The van der Waals surface area contributed by atoms with Crippen LogP contribution in [0.4, 0.5) is 0 Å². The van der Waals surface area contributed by atoms with Crippen LogP contribution in [0, 0.1) is 0 Å². The second kappa shape index (κ2) is 6.18. The zero-order valence-corrected chi connectivity index (χ0v) is 13.8. The molecule has 1 aliphatic rings. The number of hydrogen-bond donors (Lipinski definition) is 0. The van der Waals surface area contributed by atoms with Gasteiger partial charge in [0.05, 0.1) is 14.1 Å². The second-order valence-electron chi connectivity index (χ2n) is 4.62. The average Bonchev–Trinajstić information content (AvgIpc) is 2.94. The molecule has 1 saturated heterocycles. The van der Waals surface area contributed by atoms with E-state index in [4.69, 9.17) is 23.2 Å². The predicted molar refractivity (Wildman–Crippen MR) is 91.0 cm³/mol. The minimum Gasteiger partial charge on any atom is -0.264 e. The third kappa shape index (κ3) is 2.96. The van der Waals surface area contributed by atoms with Crippen LogP contribution in [-0.4, -0.2) is 16.5 Å². The van der Waals surface area contributed by atoms with Crippen LogP contribution in [-0.2, 0) is 10.5 Å². The Balaban J connectivity index is 1.93. The molecule has 20 heavy (non-hydrogen) atoms. The molecule has 1 nitrogen and oxygen atoms in total. The van der Waals surface area contributed by atoms with Gasteiger partial charge in [-0.15, -0.1) is 23.5 Å². The van der Waals surface area contributed by atoms with Gasteiger partial charge in [0.2, 0.25) is 0 Å². The summed E-state index contributed by atoms with van der Waals surface area (Å²) in [5.74, 6) is 2.34. The highest BCUT2D eigenvalue weighted by Crippen LogP contribution is 2.53. The molecule has 2 heterocycles. The SMILES string of the molecule is Clc1ccc(CC2(c3cccnc3)SCCS2)cc1Cl. The van der Waals surface area contributed by atoms with Gasteiger partial charge in [-0.05, 0) is 29.3 Å². The highest BCUT2D eigenvalue weighted by atomic mass is 35.5. The maximum absolute atomic E-state index is 6.13. The Bertz CT molecular complexity index is 598. The number of pyridine rings is 1. The van der Waals surface area contributed by atoms with Gasteiger partial charge in [0.15, 0.2) is 0 Å². The molecule has 0 spiro atoms. The largest absolute Gasteiger partial charge is 0.264 e. The van der Waals surface area contributed by atoms with Crippen molar-refractivity contribution in [1.82, 2.24) is 4.98 Å². The fraction of sp³-hybridized carbons (Fsp3) is 0.267. The van der Waals surface area contributed by atoms with Crippen LogP contribution >= 0.6 is 46.7 Å². The molecular weight excluding hydrogens is 329 g/mol. The first-order valence-corrected chi connectivity index (χ1v) is 9.05. The highest BCUT2D eigenvalue weighted by molar-refractivity contribution is 8.20. The van der Waals surface area contributed by atoms with E-state index in [1.165, 1.54) is 22.6 Å². The van der Waals surface area contributed by atoms with Crippen molar-refractivity contribution < 1.29 is 0 Å². The van der Waals surface area contributed by atoms with Crippen molar-refractivity contribution in [3.05, 3.63) is 63.9 Å². The number of aromatic nitrogens is 1. The molecule has 2 aromatic rings. The molecule has 1 aromatic carbocycles. The van der Waals surface area contributed by atoms with E-state index in [1.807, 2.05) is 54.1 Å². The van der Waals surface area contributed by atoms with Gasteiger partial charge in [-0.25, -0.2) is 0 Å². The number of rotatable bonds is 3. The van der Waals surface area contributed by atoms with Crippen molar-refractivity contribution >= 4 is 46.7 Å². The van der Waals surface area contributed by atoms with Crippen molar-refractivity contribution in [3.8, 4) is 0 Å². The van der Waals surface area contributed by atoms with E-state index in [2.05, 4.69) is 17.1 Å². The fourth-order valence-electron chi connectivity index (χ4n) is 2.33. The maximum atomic E-state index is 6.13. The third-order valence-electron chi connectivity index (χ3n) is 3.28. The monoisotopic (exact) mass is 341 g/mol. The lowest BCUT2D eigenvalue weighted by atomic mass is 10.0. The molecule has 0 amide bonds. The average molecular weight is 342 g/mol. The molecule has 0 radical (unpaired) electrons. The van der Waals surface area contributed by atoms with E-state index >= 15 is 0 Å². The van der Waals surface area contributed by atoms with E-state index in [0.717, 1.165) is 6.42 Å². The summed E-state index contributed by atoms with van der Waals surface area (Å²) in [5, 5.41) is 1.23. The smallest absolute Gasteiger partial charge is 0.0915 e. The summed E-state index contributed by atoms with van der Waals surface area (Å²) in [7, 11) is 0. The molecule has 0 saturated carbocycles. The number of halogens is 2. The minimum atomic E-state index is 0.0470. The lowest BCUT2D eigenvalue weighted by Crippen LogP contribution is -2.18. The Morgan fingerprint density at radius 2 is 1.90 bits per heavy atom. The molecule has 5 heteroatoms. The van der Waals surface area contributed by atoms with Gasteiger partial charge < -0.3 is 0 Å². The summed E-state index contributed by atoms with van der Waals surface area (Å²) in [6, 6.07) is 10.1. The van der Waals surface area contributed by atoms with Crippen LogP contribution in [0.3, 0.4) is 0 Å². The Kier molecular flexibility index (Phi) is 4.51. The first-order valence-electron chi connectivity index (χ1n) is 6.32. The van der Waals surface area contributed by atoms with Gasteiger partial charge in [0.1, 0.15) is 0 Å². The molecule has 0 aliphatic carbocycles. The molecule has 1 aromatic heterocycles. The normalized spacial score (nSPS) is 17.3. The van der Waals surface area contributed by atoms with Gasteiger partial charge in [0, 0.05) is 30.3 Å². The summed E-state index contributed by atoms with van der Waals surface area (Å²) in [6.45, 7) is 0. The van der Waals surface area contributed by atoms with E-state index in [0.29, 0.717) is 10.0 Å². The van der Waals surface area contributed by atoms with Crippen molar-refractivity contribution in [2.45, 2.75) is 10.5 Å². The van der Waals surface area contributed by atoms with Gasteiger partial charge in [-0.3, -0.25) is 4.98 Å². The van der Waals surface area contributed by atoms with E-state index in [9.17, 15) is 0 Å². The van der Waals surface area contributed by atoms with E-state index < -0.39 is 0 Å². The zero-order chi connectivity index (χ0) is 14.0. The van der Waals surface area contributed by atoms with Crippen LogP contribution in [0.25, 0.3) is 0 Å². The fourth-order valence-corrected chi connectivity index (χ4v) is 5.92. The third-order valence-corrected chi connectivity index (χ3v) is 7.49. The first-order chi connectivity index (χ1) is 9.70. The number of hydrogen-bond acceptors (Lipinski definition) is 3. The number of benzene rings is 1. The standard InChI is InChI=1S/C15H13Cl2NS2/c16-13-4-3-11(8-14(13)17)9-15(19-6-7-20-15)12-2-1-5-18-10-12/h1-5,8,10H,6-7,9H2. The predicted octanol–water partition coefficient (Wildman–Crippen LogP) is 5.26. The molecule has 3 rings (SSSR count). The molecule has 1 fully saturated rings. The summed E-state index contributed by atoms with van der Waals surface area (Å²) in [6.07, 6.45) is 4.73. The van der Waals surface area contributed by atoms with Crippen molar-refractivity contribution in [1.29, 1.82) is 0 Å². The highest BCUT2D eigenvalue weighted by Gasteiger charge is 2.37. The van der Waals surface area contributed by atoms with Crippen LogP contribution in [0.5, 0.6) is 0 Å². The Morgan fingerprint density at radius 1 is 1.10 bits per heavy atom. The summed E-state index contributed by atoms with van der Waals surface area (Å²) in [5.41, 5.74) is 2.49. The molecular formula is C15H13Cl2NS2. The lowest BCUT2D eigenvalue weighted by molar-refractivity contribution is 0.865. The minimum absolute atomic E-state index is 0.0470. The van der Waals surface area contributed by atoms with Crippen LogP contribution in [0.1, 0.15) is 11.1 Å². The van der Waals surface area contributed by atoms with Crippen LogP contribution in [0.15, 0.2) is 42.7 Å². The summed E-state index contributed by atoms with van der Waals surface area (Å²) < 4.78 is 0.0470. The first kappa shape index (κ1) is 14.6. The molecule has 1 aliphatic heterocycles. The molecule has 0 unspecified atom stereocenters. The van der Waals surface area contributed by atoms with Crippen molar-refractivity contribution in [3.63, 3.8) is 0 Å². The van der Waals surface area contributed by atoms with E-state index in [1.54, 1.807) is 0 Å². The summed E-state index contributed by atoms with van der Waals surface area (Å²) in [4.78, 5) is 4.27. The number of nitrogens with zero attached hydrogens (tertiary/aromatic N) is 1. The molecule has 0 atom stereocenters.